The number of aromatic nitrogens is 2. The van der Waals surface area contributed by atoms with E-state index in [2.05, 4.69) is 23.8 Å². The van der Waals surface area contributed by atoms with E-state index in [0.717, 1.165) is 0 Å². The van der Waals surface area contributed by atoms with Crippen molar-refractivity contribution in [1.82, 2.24) is 9.97 Å². The van der Waals surface area contributed by atoms with Crippen molar-refractivity contribution in [2.75, 3.05) is 11.5 Å². The molecule has 5 heteroatoms. The van der Waals surface area contributed by atoms with Gasteiger partial charge in [-0.1, -0.05) is 13.8 Å². The van der Waals surface area contributed by atoms with Crippen LogP contribution < -0.4 is 4.90 Å². The lowest BCUT2D eigenvalue weighted by Crippen LogP contribution is -2.37. The van der Waals surface area contributed by atoms with Crippen LogP contribution in [0, 0.1) is 5.92 Å². The van der Waals surface area contributed by atoms with Crippen LogP contribution in [0.2, 0.25) is 0 Å². The van der Waals surface area contributed by atoms with Crippen molar-refractivity contribution in [3.05, 3.63) is 18.6 Å². The Balaban J connectivity index is 2.29. The largest absolute Gasteiger partial charge is 0.447 e. The molecule has 0 saturated carbocycles. The van der Waals surface area contributed by atoms with Crippen molar-refractivity contribution in [2.24, 2.45) is 5.92 Å². The van der Waals surface area contributed by atoms with Gasteiger partial charge < -0.3 is 4.74 Å². The Kier molecular flexibility index (Phi) is 2.53. The highest BCUT2D eigenvalue weighted by Gasteiger charge is 2.36. The molecule has 1 aliphatic rings. The molecule has 1 saturated heterocycles. The summed E-state index contributed by atoms with van der Waals surface area (Å²) in [6, 6.07) is 1.77. The van der Waals surface area contributed by atoms with Crippen LogP contribution in [0.4, 0.5) is 10.6 Å². The predicted molar refractivity (Wildman–Crippen MR) is 54.5 cm³/mol. The normalized spacial score (nSPS) is 20.9. The van der Waals surface area contributed by atoms with Gasteiger partial charge in [0.05, 0.1) is 6.04 Å². The molecule has 0 bridgehead atoms. The first kappa shape index (κ1) is 9.89. The van der Waals surface area contributed by atoms with E-state index in [9.17, 15) is 4.79 Å². The molecule has 1 amide bonds. The average molecular weight is 207 g/mol. The minimum Gasteiger partial charge on any atom is -0.447 e. The van der Waals surface area contributed by atoms with Gasteiger partial charge in [-0.05, 0) is 12.0 Å². The molecule has 1 aliphatic heterocycles. The van der Waals surface area contributed by atoms with Crippen molar-refractivity contribution in [3.8, 4) is 0 Å². The zero-order valence-electron chi connectivity index (χ0n) is 8.75. The lowest BCUT2D eigenvalue weighted by Gasteiger charge is -2.22. The molecule has 1 fully saturated rings. The first-order chi connectivity index (χ1) is 7.20. The standard InChI is InChI=1S/C10H13N3O2/c1-7(2)8-5-15-10(14)13(8)9-3-4-11-6-12-9/h3-4,6-8H,5H2,1-2H3/t8-/m1/s1. The fourth-order valence-electron chi connectivity index (χ4n) is 1.62. The Labute approximate surface area is 88.1 Å². The van der Waals surface area contributed by atoms with Gasteiger partial charge in [0.2, 0.25) is 0 Å². The van der Waals surface area contributed by atoms with Crippen LogP contribution in [0.1, 0.15) is 13.8 Å². The van der Waals surface area contributed by atoms with E-state index in [4.69, 9.17) is 4.74 Å². The number of nitrogens with zero attached hydrogens (tertiary/aromatic N) is 3. The van der Waals surface area contributed by atoms with E-state index in [-0.39, 0.29) is 12.1 Å². The first-order valence-electron chi connectivity index (χ1n) is 4.92. The summed E-state index contributed by atoms with van der Waals surface area (Å²) in [7, 11) is 0. The number of ether oxygens (including phenoxy) is 1. The third kappa shape index (κ3) is 1.77. The van der Waals surface area contributed by atoms with Crippen molar-refractivity contribution in [2.45, 2.75) is 19.9 Å². The fourth-order valence-corrected chi connectivity index (χ4v) is 1.62. The highest BCUT2D eigenvalue weighted by molar-refractivity contribution is 5.89. The Morgan fingerprint density at radius 2 is 2.40 bits per heavy atom. The van der Waals surface area contributed by atoms with E-state index in [1.165, 1.54) is 6.33 Å². The lowest BCUT2D eigenvalue weighted by atomic mass is 10.0. The van der Waals surface area contributed by atoms with Gasteiger partial charge in [-0.15, -0.1) is 0 Å². The smallest absolute Gasteiger partial charge is 0.415 e. The summed E-state index contributed by atoms with van der Waals surface area (Å²) in [5.74, 6) is 0.942. The highest BCUT2D eigenvalue weighted by Crippen LogP contribution is 2.24. The zero-order chi connectivity index (χ0) is 10.8. The van der Waals surface area contributed by atoms with Crippen molar-refractivity contribution >= 4 is 11.9 Å². The van der Waals surface area contributed by atoms with Gasteiger partial charge >= 0.3 is 6.09 Å². The minimum absolute atomic E-state index is 0.0624. The maximum atomic E-state index is 11.5. The summed E-state index contributed by atoms with van der Waals surface area (Å²) < 4.78 is 5.02. The summed E-state index contributed by atoms with van der Waals surface area (Å²) in [5, 5.41) is 0. The molecule has 2 heterocycles. The lowest BCUT2D eigenvalue weighted by molar-refractivity contribution is 0.177. The average Bonchev–Trinajstić information content (AvgIpc) is 2.61. The number of anilines is 1. The summed E-state index contributed by atoms with van der Waals surface area (Å²) in [5.41, 5.74) is 0. The Morgan fingerprint density at radius 1 is 1.60 bits per heavy atom. The summed E-state index contributed by atoms with van der Waals surface area (Å²) >= 11 is 0. The topological polar surface area (TPSA) is 55.3 Å². The minimum atomic E-state index is -0.326. The van der Waals surface area contributed by atoms with E-state index >= 15 is 0 Å². The molecule has 0 unspecified atom stereocenters. The van der Waals surface area contributed by atoms with Crippen molar-refractivity contribution < 1.29 is 9.53 Å². The fraction of sp³-hybridized carbons (Fsp3) is 0.500. The van der Waals surface area contributed by atoms with Gasteiger partial charge in [-0.3, -0.25) is 4.90 Å². The van der Waals surface area contributed by atoms with Gasteiger partial charge in [-0.2, -0.15) is 0 Å². The number of cyclic esters (lactones) is 1. The Bertz CT molecular complexity index is 353. The quantitative estimate of drug-likeness (QED) is 0.736. The molecule has 1 atom stereocenters. The molecule has 0 radical (unpaired) electrons. The second-order valence-corrected chi connectivity index (χ2v) is 3.83. The molecule has 0 spiro atoms. The van der Waals surface area contributed by atoms with Gasteiger partial charge in [-0.25, -0.2) is 14.8 Å². The molecule has 0 N–H and O–H groups in total. The highest BCUT2D eigenvalue weighted by atomic mass is 16.6. The molecule has 1 aromatic heterocycles. The number of amides is 1. The van der Waals surface area contributed by atoms with Gasteiger partial charge in [0, 0.05) is 6.20 Å². The molecule has 1 aromatic rings. The second kappa shape index (κ2) is 3.84. The molecule has 0 aromatic carbocycles. The molecule has 80 valence electrons. The number of carbonyl (C=O) groups is 1. The summed E-state index contributed by atoms with van der Waals surface area (Å²) in [6.45, 7) is 4.54. The maximum absolute atomic E-state index is 11.5. The van der Waals surface area contributed by atoms with Crippen LogP contribution in [0.25, 0.3) is 0 Å². The molecular weight excluding hydrogens is 194 g/mol. The summed E-state index contributed by atoms with van der Waals surface area (Å²) in [6.07, 6.45) is 2.72. The van der Waals surface area contributed by atoms with E-state index in [1.54, 1.807) is 17.2 Å². The van der Waals surface area contributed by atoms with E-state index in [0.29, 0.717) is 18.3 Å². The van der Waals surface area contributed by atoms with Gasteiger partial charge in [0.1, 0.15) is 18.8 Å². The van der Waals surface area contributed by atoms with Gasteiger partial charge in [0.15, 0.2) is 0 Å². The van der Waals surface area contributed by atoms with E-state index in [1.807, 2.05) is 0 Å². The van der Waals surface area contributed by atoms with Crippen molar-refractivity contribution in [3.63, 3.8) is 0 Å². The monoisotopic (exact) mass is 207 g/mol. The Hall–Kier alpha value is -1.65. The SMILES string of the molecule is CC(C)[C@H]1COC(=O)N1c1ccncn1. The zero-order valence-corrected chi connectivity index (χ0v) is 8.75. The molecule has 15 heavy (non-hydrogen) atoms. The second-order valence-electron chi connectivity index (χ2n) is 3.83. The van der Waals surface area contributed by atoms with Crippen LogP contribution in [0.3, 0.4) is 0 Å². The van der Waals surface area contributed by atoms with Crippen LogP contribution in [0.15, 0.2) is 18.6 Å². The van der Waals surface area contributed by atoms with E-state index < -0.39 is 0 Å². The molecule has 2 rings (SSSR count). The van der Waals surface area contributed by atoms with Crippen LogP contribution in [-0.2, 0) is 4.74 Å². The molecule has 5 nitrogen and oxygen atoms in total. The number of hydrogen-bond donors (Lipinski definition) is 0. The van der Waals surface area contributed by atoms with Crippen LogP contribution >= 0.6 is 0 Å². The number of carbonyl (C=O) groups excluding carboxylic acids is 1. The summed E-state index contributed by atoms with van der Waals surface area (Å²) in [4.78, 5) is 21.0. The third-order valence-corrected chi connectivity index (χ3v) is 2.49. The predicted octanol–water partition coefficient (Wildman–Crippen LogP) is 1.46. The number of rotatable bonds is 2. The number of hydrogen-bond acceptors (Lipinski definition) is 4. The van der Waals surface area contributed by atoms with Crippen molar-refractivity contribution in [1.29, 1.82) is 0 Å². The molecule has 0 aliphatic carbocycles. The third-order valence-electron chi connectivity index (χ3n) is 2.49. The van der Waals surface area contributed by atoms with Crippen LogP contribution in [0.5, 0.6) is 0 Å². The first-order valence-corrected chi connectivity index (χ1v) is 4.92. The molecular formula is C10H13N3O2. The Morgan fingerprint density at radius 3 is 3.00 bits per heavy atom. The maximum Gasteiger partial charge on any atom is 0.415 e. The van der Waals surface area contributed by atoms with Gasteiger partial charge in [0.25, 0.3) is 0 Å². The van der Waals surface area contributed by atoms with Crippen LogP contribution in [-0.4, -0.2) is 28.7 Å².